The number of hydrogen-bond donors (Lipinski definition) is 2. The molecule has 0 saturated carbocycles. The van der Waals surface area contributed by atoms with Gasteiger partial charge in [0.15, 0.2) is 0 Å². The number of benzene rings is 1. The highest BCUT2D eigenvalue weighted by Crippen LogP contribution is 2.21. The van der Waals surface area contributed by atoms with Gasteiger partial charge in [-0.05, 0) is 42.3 Å². The van der Waals surface area contributed by atoms with Gasteiger partial charge in [0.25, 0.3) is 5.91 Å². The number of hydrogen-bond acceptors (Lipinski definition) is 5. The maximum Gasteiger partial charge on any atom is 0.253 e. The number of anilines is 2. The predicted octanol–water partition coefficient (Wildman–Crippen LogP) is 2.64. The van der Waals surface area contributed by atoms with Crippen LogP contribution >= 0.6 is 0 Å². The van der Waals surface area contributed by atoms with Crippen molar-refractivity contribution in [1.82, 2.24) is 15.2 Å². The first-order valence-corrected chi connectivity index (χ1v) is 10.2. The van der Waals surface area contributed by atoms with Crippen molar-refractivity contribution in [2.24, 2.45) is 0 Å². The molecule has 1 fully saturated rings. The van der Waals surface area contributed by atoms with E-state index in [1.54, 1.807) is 12.3 Å². The molecule has 2 N–H and O–H groups in total. The standard InChI is InChI=1S/C22H28FN5O2/c1-3-4-21(29)26-20-13-16(7-8-25-20)15-27-9-11-28(12-10-27)17-5-6-18(19(23)14-17)22(30)24-2/h5-8,13-14H,3-4,9-12,15H2,1-2H3,(H,24,30)(H,25,26,29). The second kappa shape index (κ2) is 10.2. The molecule has 2 amide bonds. The number of piperazine rings is 1. The zero-order chi connectivity index (χ0) is 21.5. The summed E-state index contributed by atoms with van der Waals surface area (Å²) in [5, 5.41) is 5.27. The van der Waals surface area contributed by atoms with Crippen molar-refractivity contribution >= 4 is 23.3 Å². The average molecular weight is 413 g/mol. The van der Waals surface area contributed by atoms with Crippen molar-refractivity contribution in [1.29, 1.82) is 0 Å². The van der Waals surface area contributed by atoms with E-state index in [1.165, 1.54) is 19.2 Å². The Labute approximate surface area is 176 Å². The van der Waals surface area contributed by atoms with Crippen LogP contribution in [-0.4, -0.2) is 54.9 Å². The molecule has 2 aromatic rings. The highest BCUT2D eigenvalue weighted by atomic mass is 19.1. The van der Waals surface area contributed by atoms with Crippen LogP contribution in [0.4, 0.5) is 15.9 Å². The zero-order valence-electron chi connectivity index (χ0n) is 17.4. The SMILES string of the molecule is CCCC(=O)Nc1cc(CN2CCN(c3ccc(C(=O)NC)c(F)c3)CC2)ccn1. The van der Waals surface area contributed by atoms with Gasteiger partial charge in [-0.25, -0.2) is 9.37 Å². The first-order chi connectivity index (χ1) is 14.5. The molecule has 1 aromatic carbocycles. The largest absolute Gasteiger partial charge is 0.369 e. The third-order valence-corrected chi connectivity index (χ3v) is 5.14. The molecule has 0 bridgehead atoms. The molecular formula is C22H28FN5O2. The van der Waals surface area contributed by atoms with Crippen LogP contribution < -0.4 is 15.5 Å². The van der Waals surface area contributed by atoms with Crippen molar-refractivity contribution in [2.45, 2.75) is 26.3 Å². The highest BCUT2D eigenvalue weighted by Gasteiger charge is 2.19. The predicted molar refractivity (Wildman–Crippen MR) is 115 cm³/mol. The first kappa shape index (κ1) is 21.7. The van der Waals surface area contributed by atoms with Crippen molar-refractivity contribution in [2.75, 3.05) is 43.4 Å². The third-order valence-electron chi connectivity index (χ3n) is 5.14. The quantitative estimate of drug-likeness (QED) is 0.730. The van der Waals surface area contributed by atoms with E-state index < -0.39 is 11.7 Å². The normalized spacial score (nSPS) is 14.4. The summed E-state index contributed by atoms with van der Waals surface area (Å²) in [6, 6.07) is 8.61. The Morgan fingerprint density at radius 1 is 1.13 bits per heavy atom. The number of aromatic nitrogens is 1. The van der Waals surface area contributed by atoms with Gasteiger partial charge in [-0.15, -0.1) is 0 Å². The lowest BCUT2D eigenvalue weighted by atomic mass is 10.1. The van der Waals surface area contributed by atoms with E-state index in [4.69, 9.17) is 0 Å². The van der Waals surface area contributed by atoms with Crippen molar-refractivity contribution < 1.29 is 14.0 Å². The first-order valence-electron chi connectivity index (χ1n) is 10.2. The average Bonchev–Trinajstić information content (AvgIpc) is 2.74. The molecule has 3 rings (SSSR count). The summed E-state index contributed by atoms with van der Waals surface area (Å²) in [5.41, 5.74) is 1.93. The molecule has 1 aliphatic heterocycles. The van der Waals surface area contributed by atoms with Crippen LogP contribution in [0.1, 0.15) is 35.7 Å². The summed E-state index contributed by atoms with van der Waals surface area (Å²) in [4.78, 5) is 32.1. The Morgan fingerprint density at radius 2 is 1.90 bits per heavy atom. The van der Waals surface area contributed by atoms with Gasteiger partial charge >= 0.3 is 0 Å². The molecule has 1 aliphatic rings. The Kier molecular flexibility index (Phi) is 7.35. The second-order valence-corrected chi connectivity index (χ2v) is 7.35. The van der Waals surface area contributed by atoms with Crippen molar-refractivity contribution in [3.63, 3.8) is 0 Å². The van der Waals surface area contributed by atoms with Gasteiger partial charge in [0.05, 0.1) is 5.56 Å². The number of nitrogens with zero attached hydrogens (tertiary/aromatic N) is 3. The number of carbonyl (C=O) groups is 2. The fraction of sp³-hybridized carbons (Fsp3) is 0.409. The monoisotopic (exact) mass is 413 g/mol. The van der Waals surface area contributed by atoms with E-state index in [2.05, 4.69) is 25.4 Å². The minimum Gasteiger partial charge on any atom is -0.369 e. The zero-order valence-corrected chi connectivity index (χ0v) is 17.4. The Balaban J connectivity index is 1.55. The number of nitrogens with one attached hydrogen (secondary N) is 2. The van der Waals surface area contributed by atoms with Gasteiger partial charge in [0.2, 0.25) is 5.91 Å². The fourth-order valence-electron chi connectivity index (χ4n) is 3.52. The molecule has 0 aliphatic carbocycles. The smallest absolute Gasteiger partial charge is 0.253 e. The van der Waals surface area contributed by atoms with E-state index in [0.717, 1.165) is 50.4 Å². The highest BCUT2D eigenvalue weighted by molar-refractivity contribution is 5.94. The van der Waals surface area contributed by atoms with Gasteiger partial charge in [-0.1, -0.05) is 6.92 Å². The second-order valence-electron chi connectivity index (χ2n) is 7.35. The maximum atomic E-state index is 14.2. The molecule has 1 aromatic heterocycles. The Hall–Kier alpha value is -3.00. The molecule has 0 atom stereocenters. The molecule has 1 saturated heterocycles. The number of halogens is 1. The molecule has 8 heteroatoms. The van der Waals surface area contributed by atoms with Gasteiger partial charge in [-0.3, -0.25) is 14.5 Å². The fourth-order valence-corrected chi connectivity index (χ4v) is 3.52. The summed E-state index contributed by atoms with van der Waals surface area (Å²) in [6.07, 6.45) is 3.00. The number of amides is 2. The summed E-state index contributed by atoms with van der Waals surface area (Å²) in [5.74, 6) is -0.378. The Morgan fingerprint density at radius 3 is 2.57 bits per heavy atom. The molecule has 0 spiro atoms. The van der Waals surface area contributed by atoms with Crippen LogP contribution in [-0.2, 0) is 11.3 Å². The van der Waals surface area contributed by atoms with E-state index in [0.29, 0.717) is 12.2 Å². The van der Waals surface area contributed by atoms with Gasteiger partial charge in [0, 0.05) is 58.1 Å². The third kappa shape index (κ3) is 5.54. The molecular weight excluding hydrogens is 385 g/mol. The van der Waals surface area contributed by atoms with Crippen molar-refractivity contribution in [3.05, 3.63) is 53.5 Å². The van der Waals surface area contributed by atoms with E-state index in [1.807, 2.05) is 19.1 Å². The van der Waals surface area contributed by atoms with Gasteiger partial charge in [0.1, 0.15) is 11.6 Å². The van der Waals surface area contributed by atoms with E-state index >= 15 is 0 Å². The van der Waals surface area contributed by atoms with Crippen LogP contribution in [0.2, 0.25) is 0 Å². The minimum atomic E-state index is -0.510. The molecule has 2 heterocycles. The summed E-state index contributed by atoms with van der Waals surface area (Å²) >= 11 is 0. The van der Waals surface area contributed by atoms with Crippen molar-refractivity contribution in [3.8, 4) is 0 Å². The van der Waals surface area contributed by atoms with Crippen LogP contribution in [0, 0.1) is 5.82 Å². The molecule has 30 heavy (non-hydrogen) atoms. The molecule has 0 radical (unpaired) electrons. The molecule has 160 valence electrons. The number of pyridine rings is 1. The summed E-state index contributed by atoms with van der Waals surface area (Å²) < 4.78 is 14.2. The van der Waals surface area contributed by atoms with Crippen LogP contribution in [0.3, 0.4) is 0 Å². The van der Waals surface area contributed by atoms with Crippen LogP contribution in [0.25, 0.3) is 0 Å². The van der Waals surface area contributed by atoms with Gasteiger partial charge < -0.3 is 15.5 Å². The summed E-state index contributed by atoms with van der Waals surface area (Å²) in [7, 11) is 1.49. The van der Waals surface area contributed by atoms with E-state index in [9.17, 15) is 14.0 Å². The lowest BCUT2D eigenvalue weighted by Gasteiger charge is -2.36. The molecule has 7 nitrogen and oxygen atoms in total. The molecule has 0 unspecified atom stereocenters. The summed E-state index contributed by atoms with van der Waals surface area (Å²) in [6.45, 7) is 5.93. The van der Waals surface area contributed by atoms with Crippen LogP contribution in [0.5, 0.6) is 0 Å². The minimum absolute atomic E-state index is 0.0227. The van der Waals surface area contributed by atoms with Gasteiger partial charge in [-0.2, -0.15) is 0 Å². The Bertz CT molecular complexity index is 897. The topological polar surface area (TPSA) is 77.6 Å². The lowest BCUT2D eigenvalue weighted by Crippen LogP contribution is -2.46. The number of carbonyl (C=O) groups excluding carboxylic acids is 2. The lowest BCUT2D eigenvalue weighted by molar-refractivity contribution is -0.116. The number of rotatable bonds is 7. The van der Waals surface area contributed by atoms with Crippen LogP contribution in [0.15, 0.2) is 36.5 Å². The maximum absolute atomic E-state index is 14.2. The van der Waals surface area contributed by atoms with E-state index in [-0.39, 0.29) is 11.5 Å².